The quantitative estimate of drug-likeness (QED) is 0.752. The van der Waals surface area contributed by atoms with Crippen LogP contribution in [0.5, 0.6) is 0 Å². The maximum atomic E-state index is 12.0. The van der Waals surface area contributed by atoms with E-state index in [0.717, 1.165) is 5.01 Å². The summed E-state index contributed by atoms with van der Waals surface area (Å²) in [6, 6.07) is 0. The SMILES string of the molecule is CCCC(C)(NC(=O)C1=NN(C)C(=O)CC1)C(=O)O. The minimum Gasteiger partial charge on any atom is -0.480 e. The largest absolute Gasteiger partial charge is 0.480 e. The topological polar surface area (TPSA) is 99.1 Å². The van der Waals surface area contributed by atoms with Crippen LogP contribution < -0.4 is 5.32 Å². The molecule has 0 aromatic carbocycles. The van der Waals surface area contributed by atoms with Gasteiger partial charge in [-0.15, -0.1) is 0 Å². The second-order valence-electron chi connectivity index (χ2n) is 4.81. The molecule has 1 unspecified atom stereocenters. The third-order valence-electron chi connectivity index (χ3n) is 3.08. The monoisotopic (exact) mass is 269 g/mol. The molecule has 0 spiro atoms. The van der Waals surface area contributed by atoms with Gasteiger partial charge in [-0.1, -0.05) is 13.3 Å². The summed E-state index contributed by atoms with van der Waals surface area (Å²) in [5.74, 6) is -1.77. The Labute approximate surface area is 111 Å². The van der Waals surface area contributed by atoms with E-state index in [1.54, 1.807) is 0 Å². The maximum absolute atomic E-state index is 12.0. The third-order valence-corrected chi connectivity index (χ3v) is 3.08. The molecule has 0 aromatic rings. The highest BCUT2D eigenvalue weighted by atomic mass is 16.4. The number of rotatable bonds is 5. The molecule has 2 amide bonds. The molecule has 7 heteroatoms. The van der Waals surface area contributed by atoms with E-state index in [-0.39, 0.29) is 24.5 Å². The number of nitrogens with zero attached hydrogens (tertiary/aromatic N) is 2. The zero-order valence-electron chi connectivity index (χ0n) is 11.4. The summed E-state index contributed by atoms with van der Waals surface area (Å²) < 4.78 is 0. The fourth-order valence-corrected chi connectivity index (χ4v) is 1.88. The first kappa shape index (κ1) is 15.1. The number of nitrogens with one attached hydrogen (secondary N) is 1. The Hall–Kier alpha value is -1.92. The number of carboxylic acids is 1. The van der Waals surface area contributed by atoms with Crippen LogP contribution in [-0.4, -0.2) is 46.2 Å². The first-order valence-corrected chi connectivity index (χ1v) is 6.20. The van der Waals surface area contributed by atoms with Gasteiger partial charge in [-0.05, 0) is 13.3 Å². The van der Waals surface area contributed by atoms with Crippen molar-refractivity contribution < 1.29 is 19.5 Å². The van der Waals surface area contributed by atoms with Crippen LogP contribution >= 0.6 is 0 Å². The van der Waals surface area contributed by atoms with Crippen molar-refractivity contribution >= 4 is 23.5 Å². The number of amides is 2. The van der Waals surface area contributed by atoms with Gasteiger partial charge in [0.2, 0.25) is 5.91 Å². The molecule has 1 aliphatic rings. The highest BCUT2D eigenvalue weighted by Crippen LogP contribution is 2.14. The van der Waals surface area contributed by atoms with Gasteiger partial charge < -0.3 is 10.4 Å². The zero-order valence-corrected chi connectivity index (χ0v) is 11.4. The van der Waals surface area contributed by atoms with E-state index >= 15 is 0 Å². The summed E-state index contributed by atoms with van der Waals surface area (Å²) in [6.45, 7) is 3.31. The van der Waals surface area contributed by atoms with Gasteiger partial charge in [0, 0.05) is 19.9 Å². The van der Waals surface area contributed by atoms with Gasteiger partial charge in [0.05, 0.1) is 0 Å². The van der Waals surface area contributed by atoms with Crippen molar-refractivity contribution in [3.8, 4) is 0 Å². The molecule has 0 fully saturated rings. The summed E-state index contributed by atoms with van der Waals surface area (Å²) in [5.41, 5.74) is -1.13. The number of aliphatic carboxylic acids is 1. The summed E-state index contributed by atoms with van der Waals surface area (Å²) in [6.07, 6.45) is 1.40. The number of hydrogen-bond acceptors (Lipinski definition) is 4. The van der Waals surface area contributed by atoms with Crippen LogP contribution in [0, 0.1) is 0 Å². The van der Waals surface area contributed by atoms with Crippen LogP contribution in [0.4, 0.5) is 0 Å². The second kappa shape index (κ2) is 5.81. The summed E-state index contributed by atoms with van der Waals surface area (Å²) >= 11 is 0. The summed E-state index contributed by atoms with van der Waals surface area (Å²) in [7, 11) is 1.47. The van der Waals surface area contributed by atoms with Gasteiger partial charge in [0.15, 0.2) is 0 Å². The van der Waals surface area contributed by atoms with Crippen molar-refractivity contribution in [2.75, 3.05) is 7.05 Å². The number of hydrogen-bond donors (Lipinski definition) is 2. The molecule has 0 bridgehead atoms. The fourth-order valence-electron chi connectivity index (χ4n) is 1.88. The van der Waals surface area contributed by atoms with Crippen LogP contribution in [0.1, 0.15) is 39.5 Å². The summed E-state index contributed by atoms with van der Waals surface area (Å²) in [4.78, 5) is 34.5. The lowest BCUT2D eigenvalue weighted by atomic mass is 9.95. The van der Waals surface area contributed by atoms with E-state index in [4.69, 9.17) is 0 Å². The first-order valence-electron chi connectivity index (χ1n) is 6.20. The van der Waals surface area contributed by atoms with Crippen LogP contribution in [0.3, 0.4) is 0 Å². The van der Waals surface area contributed by atoms with Crippen molar-refractivity contribution in [1.82, 2.24) is 10.3 Å². The Kier molecular flexibility index (Phi) is 4.63. The molecule has 106 valence electrons. The van der Waals surface area contributed by atoms with Crippen LogP contribution in [-0.2, 0) is 14.4 Å². The van der Waals surface area contributed by atoms with Crippen molar-refractivity contribution in [2.45, 2.75) is 45.1 Å². The number of hydrazone groups is 1. The maximum Gasteiger partial charge on any atom is 0.329 e. The molecule has 1 atom stereocenters. The molecule has 19 heavy (non-hydrogen) atoms. The Bertz CT molecular complexity index is 433. The lowest BCUT2D eigenvalue weighted by molar-refractivity contribution is -0.146. The molecule has 1 heterocycles. The van der Waals surface area contributed by atoms with Gasteiger partial charge >= 0.3 is 5.97 Å². The van der Waals surface area contributed by atoms with Crippen molar-refractivity contribution in [2.24, 2.45) is 5.10 Å². The first-order chi connectivity index (χ1) is 8.80. The minimum absolute atomic E-state index is 0.161. The van der Waals surface area contributed by atoms with Gasteiger partial charge in [0.1, 0.15) is 11.3 Å². The molecule has 0 radical (unpaired) electrons. The average molecular weight is 269 g/mol. The molecule has 1 aliphatic heterocycles. The molecule has 7 nitrogen and oxygen atoms in total. The lowest BCUT2D eigenvalue weighted by Crippen LogP contribution is -2.54. The third kappa shape index (κ3) is 3.52. The fraction of sp³-hybridized carbons (Fsp3) is 0.667. The van der Waals surface area contributed by atoms with Crippen LogP contribution in [0.2, 0.25) is 0 Å². The summed E-state index contributed by atoms with van der Waals surface area (Å²) in [5, 5.41) is 16.6. The Morgan fingerprint density at radius 1 is 1.47 bits per heavy atom. The highest BCUT2D eigenvalue weighted by Gasteiger charge is 2.35. The normalized spacial score (nSPS) is 18.6. The molecular formula is C12H19N3O4. The molecule has 1 rings (SSSR count). The molecule has 2 N–H and O–H groups in total. The van der Waals surface area contributed by atoms with Crippen molar-refractivity contribution in [3.05, 3.63) is 0 Å². The second-order valence-corrected chi connectivity index (χ2v) is 4.81. The minimum atomic E-state index is -1.31. The van der Waals surface area contributed by atoms with E-state index in [2.05, 4.69) is 10.4 Å². The van der Waals surface area contributed by atoms with E-state index in [0.29, 0.717) is 12.8 Å². The van der Waals surface area contributed by atoms with Crippen molar-refractivity contribution in [1.29, 1.82) is 0 Å². The predicted octanol–water partition coefficient (Wildman–Crippen LogP) is 0.354. The van der Waals surface area contributed by atoms with E-state index in [1.807, 2.05) is 6.92 Å². The zero-order chi connectivity index (χ0) is 14.6. The Morgan fingerprint density at radius 2 is 2.11 bits per heavy atom. The lowest BCUT2D eigenvalue weighted by Gasteiger charge is -2.27. The molecule has 0 saturated heterocycles. The smallest absolute Gasteiger partial charge is 0.329 e. The number of carbonyl (C=O) groups excluding carboxylic acids is 2. The van der Waals surface area contributed by atoms with Gasteiger partial charge in [-0.3, -0.25) is 9.59 Å². The molecule has 0 aliphatic carbocycles. The Balaban J connectivity index is 2.81. The number of carboxylic acid groups (broad SMARTS) is 1. The van der Waals surface area contributed by atoms with Gasteiger partial charge in [0.25, 0.3) is 5.91 Å². The average Bonchev–Trinajstić information content (AvgIpc) is 2.32. The highest BCUT2D eigenvalue weighted by molar-refractivity contribution is 6.40. The van der Waals surface area contributed by atoms with Gasteiger partial charge in [-0.2, -0.15) is 5.10 Å². The van der Waals surface area contributed by atoms with Crippen molar-refractivity contribution in [3.63, 3.8) is 0 Å². The predicted molar refractivity (Wildman–Crippen MR) is 68.5 cm³/mol. The molecule has 0 aromatic heterocycles. The van der Waals surface area contributed by atoms with E-state index in [1.165, 1.54) is 14.0 Å². The molecular weight excluding hydrogens is 250 g/mol. The Morgan fingerprint density at radius 3 is 2.58 bits per heavy atom. The van der Waals surface area contributed by atoms with Crippen LogP contribution in [0.15, 0.2) is 5.10 Å². The molecule has 0 saturated carbocycles. The van der Waals surface area contributed by atoms with E-state index < -0.39 is 17.4 Å². The van der Waals surface area contributed by atoms with Crippen LogP contribution in [0.25, 0.3) is 0 Å². The standard InChI is InChI=1S/C12H19N3O4/c1-4-7-12(2,11(18)19)13-10(17)8-5-6-9(16)15(3)14-8/h4-7H2,1-3H3,(H,13,17)(H,18,19). The number of carbonyl (C=O) groups is 3. The van der Waals surface area contributed by atoms with Gasteiger partial charge in [-0.25, -0.2) is 9.80 Å². The van der Waals surface area contributed by atoms with E-state index in [9.17, 15) is 19.5 Å².